The predicted molar refractivity (Wildman–Crippen MR) is 106 cm³/mol. The maximum Gasteiger partial charge on any atom is 0.252 e. The molecular weight excluding hydrogens is 341 g/mol. The summed E-state index contributed by atoms with van der Waals surface area (Å²) in [6.45, 7) is 4.56. The van der Waals surface area contributed by atoms with E-state index in [1.54, 1.807) is 30.6 Å². The number of nitrogens with zero attached hydrogens (tertiary/aromatic N) is 1. The summed E-state index contributed by atoms with van der Waals surface area (Å²) in [6.07, 6.45) is 3.87. The molecule has 2 N–H and O–H groups in total. The van der Waals surface area contributed by atoms with Crippen LogP contribution in [0.1, 0.15) is 27.0 Å². The van der Waals surface area contributed by atoms with Crippen molar-refractivity contribution in [3.63, 3.8) is 0 Å². The summed E-state index contributed by atoms with van der Waals surface area (Å²) < 4.78 is 12.9. The van der Waals surface area contributed by atoms with Crippen molar-refractivity contribution in [2.24, 2.45) is 0 Å². The van der Waals surface area contributed by atoms with Crippen LogP contribution in [0.4, 0.5) is 15.8 Å². The van der Waals surface area contributed by atoms with E-state index in [-0.39, 0.29) is 11.7 Å². The van der Waals surface area contributed by atoms with Gasteiger partial charge in [0.2, 0.25) is 0 Å². The molecule has 1 aromatic heterocycles. The zero-order valence-electron chi connectivity index (χ0n) is 15.4. The van der Waals surface area contributed by atoms with Crippen LogP contribution in [-0.4, -0.2) is 17.4 Å². The summed E-state index contributed by atoms with van der Waals surface area (Å²) in [5, 5.41) is 6.18. The van der Waals surface area contributed by atoms with E-state index in [0.29, 0.717) is 18.5 Å². The van der Waals surface area contributed by atoms with E-state index in [4.69, 9.17) is 0 Å². The SMILES string of the molecule is Cc1ccc(Nc2cncc(C(=O)NCCc3ccc(F)cc3)c2)c(C)c1. The number of nitrogens with one attached hydrogen (secondary N) is 2. The van der Waals surface area contributed by atoms with Crippen LogP contribution in [0.25, 0.3) is 0 Å². The monoisotopic (exact) mass is 363 g/mol. The average molecular weight is 363 g/mol. The first-order valence-electron chi connectivity index (χ1n) is 8.83. The molecule has 0 bridgehead atoms. The Morgan fingerprint density at radius 2 is 1.81 bits per heavy atom. The molecule has 0 radical (unpaired) electrons. The number of anilines is 2. The fourth-order valence-electron chi connectivity index (χ4n) is 2.82. The molecule has 0 aliphatic carbocycles. The van der Waals surface area contributed by atoms with Gasteiger partial charge in [-0.1, -0.05) is 29.8 Å². The molecule has 0 aliphatic heterocycles. The molecule has 3 rings (SSSR count). The highest BCUT2D eigenvalue weighted by Gasteiger charge is 2.08. The molecular formula is C22H22FN3O. The molecule has 5 heteroatoms. The molecule has 0 saturated heterocycles. The first-order valence-corrected chi connectivity index (χ1v) is 8.83. The fraction of sp³-hybridized carbons (Fsp3) is 0.182. The van der Waals surface area contributed by atoms with Crippen molar-refractivity contribution < 1.29 is 9.18 Å². The summed E-state index contributed by atoms with van der Waals surface area (Å²) in [5.74, 6) is -0.448. The number of aromatic nitrogens is 1. The van der Waals surface area contributed by atoms with Gasteiger partial charge in [0.15, 0.2) is 0 Å². The van der Waals surface area contributed by atoms with Gasteiger partial charge in [0.1, 0.15) is 5.82 Å². The minimum Gasteiger partial charge on any atom is -0.354 e. The Hall–Kier alpha value is -3.21. The topological polar surface area (TPSA) is 54.0 Å². The first-order chi connectivity index (χ1) is 13.0. The van der Waals surface area contributed by atoms with Gasteiger partial charge in [0.25, 0.3) is 5.91 Å². The van der Waals surface area contributed by atoms with Gasteiger partial charge in [0, 0.05) is 18.4 Å². The van der Waals surface area contributed by atoms with Crippen LogP contribution < -0.4 is 10.6 Å². The number of hydrogen-bond donors (Lipinski definition) is 2. The molecule has 0 unspecified atom stereocenters. The Bertz CT molecular complexity index is 939. The van der Waals surface area contributed by atoms with E-state index in [1.165, 1.54) is 17.7 Å². The highest BCUT2D eigenvalue weighted by atomic mass is 19.1. The highest BCUT2D eigenvalue weighted by Crippen LogP contribution is 2.21. The third kappa shape index (κ3) is 5.14. The zero-order valence-corrected chi connectivity index (χ0v) is 15.4. The van der Waals surface area contributed by atoms with Crippen LogP contribution in [0.2, 0.25) is 0 Å². The number of pyridine rings is 1. The molecule has 4 nitrogen and oxygen atoms in total. The molecule has 0 spiro atoms. The van der Waals surface area contributed by atoms with E-state index in [2.05, 4.69) is 28.6 Å². The molecule has 0 atom stereocenters. The highest BCUT2D eigenvalue weighted by molar-refractivity contribution is 5.94. The van der Waals surface area contributed by atoms with Crippen molar-refractivity contribution in [2.75, 3.05) is 11.9 Å². The number of carbonyl (C=O) groups is 1. The Kier molecular flexibility index (Phi) is 5.81. The molecule has 0 saturated carbocycles. The van der Waals surface area contributed by atoms with E-state index >= 15 is 0 Å². The second-order valence-electron chi connectivity index (χ2n) is 6.54. The largest absolute Gasteiger partial charge is 0.354 e. The number of rotatable bonds is 6. The molecule has 1 heterocycles. The molecule has 2 aromatic carbocycles. The molecule has 138 valence electrons. The van der Waals surface area contributed by atoms with Crippen LogP contribution in [0.3, 0.4) is 0 Å². The number of amides is 1. The molecule has 27 heavy (non-hydrogen) atoms. The maximum atomic E-state index is 12.9. The zero-order chi connectivity index (χ0) is 19.2. The number of carbonyl (C=O) groups excluding carboxylic acids is 1. The molecule has 3 aromatic rings. The predicted octanol–water partition coefficient (Wildman–Crippen LogP) is 4.55. The minimum absolute atomic E-state index is 0.186. The van der Waals surface area contributed by atoms with Crippen molar-refractivity contribution in [1.82, 2.24) is 10.3 Å². The summed E-state index contributed by atoms with van der Waals surface area (Å²) >= 11 is 0. The van der Waals surface area contributed by atoms with Crippen molar-refractivity contribution in [1.29, 1.82) is 0 Å². The second-order valence-corrected chi connectivity index (χ2v) is 6.54. The summed E-state index contributed by atoms with van der Waals surface area (Å²) in [5.41, 5.74) is 5.53. The third-order valence-electron chi connectivity index (χ3n) is 4.27. The van der Waals surface area contributed by atoms with E-state index < -0.39 is 0 Å². The lowest BCUT2D eigenvalue weighted by molar-refractivity contribution is 0.0954. The Morgan fingerprint density at radius 3 is 2.56 bits per heavy atom. The van der Waals surface area contributed by atoms with Gasteiger partial charge in [0.05, 0.1) is 17.4 Å². The molecule has 0 fully saturated rings. The fourth-order valence-corrected chi connectivity index (χ4v) is 2.82. The lowest BCUT2D eigenvalue weighted by atomic mass is 10.1. The van der Waals surface area contributed by atoms with Gasteiger partial charge in [-0.2, -0.15) is 0 Å². The Morgan fingerprint density at radius 1 is 1.04 bits per heavy atom. The van der Waals surface area contributed by atoms with Gasteiger partial charge in [-0.3, -0.25) is 9.78 Å². The van der Waals surface area contributed by atoms with Crippen LogP contribution in [0, 0.1) is 19.7 Å². The van der Waals surface area contributed by atoms with Crippen molar-refractivity contribution >= 4 is 17.3 Å². The van der Waals surface area contributed by atoms with Crippen molar-refractivity contribution in [3.05, 3.63) is 89.0 Å². The molecule has 1 amide bonds. The first kappa shape index (κ1) is 18.6. The van der Waals surface area contributed by atoms with Crippen molar-refractivity contribution in [3.8, 4) is 0 Å². The third-order valence-corrected chi connectivity index (χ3v) is 4.27. The van der Waals surface area contributed by atoms with E-state index in [1.807, 2.05) is 19.1 Å². The van der Waals surface area contributed by atoms with E-state index in [9.17, 15) is 9.18 Å². The lowest BCUT2D eigenvalue weighted by Crippen LogP contribution is -2.25. The van der Waals surface area contributed by atoms with E-state index in [0.717, 1.165) is 22.5 Å². The van der Waals surface area contributed by atoms with Crippen molar-refractivity contribution in [2.45, 2.75) is 20.3 Å². The number of aryl methyl sites for hydroxylation is 2. The number of halogens is 1. The lowest BCUT2D eigenvalue weighted by Gasteiger charge is -2.11. The van der Waals surface area contributed by atoms with Crippen LogP contribution in [-0.2, 0) is 6.42 Å². The minimum atomic E-state index is -0.262. The van der Waals surface area contributed by atoms with Crippen LogP contribution in [0.5, 0.6) is 0 Å². The standard InChI is InChI=1S/C22H22FN3O/c1-15-3-8-21(16(2)11-15)26-20-12-18(13-24-14-20)22(27)25-10-9-17-4-6-19(23)7-5-17/h3-8,11-14,26H,9-10H2,1-2H3,(H,25,27). The van der Waals surface area contributed by atoms with Gasteiger partial charge in [-0.25, -0.2) is 4.39 Å². The smallest absolute Gasteiger partial charge is 0.252 e. The van der Waals surface area contributed by atoms with Gasteiger partial charge in [-0.15, -0.1) is 0 Å². The maximum absolute atomic E-state index is 12.9. The average Bonchev–Trinajstić information content (AvgIpc) is 2.66. The Balaban J connectivity index is 1.60. The quantitative estimate of drug-likeness (QED) is 0.675. The second kappa shape index (κ2) is 8.45. The van der Waals surface area contributed by atoms with Crippen LogP contribution >= 0.6 is 0 Å². The Labute approximate surface area is 158 Å². The summed E-state index contributed by atoms with van der Waals surface area (Å²) in [7, 11) is 0. The van der Waals surface area contributed by atoms with Gasteiger partial charge < -0.3 is 10.6 Å². The normalized spacial score (nSPS) is 10.5. The number of hydrogen-bond acceptors (Lipinski definition) is 3. The van der Waals surface area contributed by atoms with Gasteiger partial charge >= 0.3 is 0 Å². The summed E-state index contributed by atoms with van der Waals surface area (Å²) in [4.78, 5) is 16.5. The van der Waals surface area contributed by atoms with Crippen LogP contribution in [0.15, 0.2) is 60.9 Å². The number of benzene rings is 2. The summed E-state index contributed by atoms with van der Waals surface area (Å²) in [6, 6.07) is 14.2. The van der Waals surface area contributed by atoms with Gasteiger partial charge in [-0.05, 0) is 55.7 Å². The molecule has 0 aliphatic rings.